The van der Waals surface area contributed by atoms with Crippen molar-refractivity contribution in [3.8, 4) is 0 Å². The van der Waals surface area contributed by atoms with Crippen LogP contribution in [0.2, 0.25) is 0 Å². The Labute approximate surface area is 88.1 Å². The van der Waals surface area contributed by atoms with Gasteiger partial charge >= 0.3 is 0 Å². The topological polar surface area (TPSA) is 15.3 Å². The van der Waals surface area contributed by atoms with Gasteiger partial charge in [0.2, 0.25) is 0 Å². The third-order valence-corrected chi connectivity index (χ3v) is 3.43. The summed E-state index contributed by atoms with van der Waals surface area (Å²) in [6.45, 7) is 5.25. The van der Waals surface area contributed by atoms with Gasteiger partial charge in [-0.2, -0.15) is 0 Å². The average molecular weight is 195 g/mol. The average Bonchev–Trinajstić information content (AvgIpc) is 2.86. The normalized spacial score (nSPS) is 28.7. The standard InChI is InChI=1S/C12H23N2/c1(6-12-7-5-8-13-12)2-9-14-10-3-4-11-14/h6,12-13H,1-5,7-11H2. The van der Waals surface area contributed by atoms with Gasteiger partial charge in [0.15, 0.2) is 0 Å². The molecule has 0 aliphatic carbocycles. The molecule has 2 fully saturated rings. The molecule has 0 aromatic carbocycles. The molecule has 0 spiro atoms. The molecule has 1 unspecified atom stereocenters. The summed E-state index contributed by atoms with van der Waals surface area (Å²) in [5.41, 5.74) is 0. The van der Waals surface area contributed by atoms with Gasteiger partial charge in [-0.3, -0.25) is 0 Å². The highest BCUT2D eigenvalue weighted by molar-refractivity contribution is 4.87. The summed E-state index contributed by atoms with van der Waals surface area (Å²) in [4.78, 5) is 2.61. The SMILES string of the molecule is [CH](CCCN1CCCC1)C1CCCN1. The van der Waals surface area contributed by atoms with E-state index in [1.807, 2.05) is 0 Å². The van der Waals surface area contributed by atoms with Crippen LogP contribution in [0.5, 0.6) is 0 Å². The Morgan fingerprint density at radius 2 is 2.07 bits per heavy atom. The molecule has 0 amide bonds. The molecule has 2 heterocycles. The Morgan fingerprint density at radius 3 is 2.79 bits per heavy atom. The predicted octanol–water partition coefficient (Wildman–Crippen LogP) is 1.82. The van der Waals surface area contributed by atoms with Crippen LogP contribution in [-0.4, -0.2) is 37.1 Å². The number of nitrogens with zero attached hydrogens (tertiary/aromatic N) is 1. The Bertz CT molecular complexity index is 128. The van der Waals surface area contributed by atoms with Crippen LogP contribution in [-0.2, 0) is 0 Å². The van der Waals surface area contributed by atoms with Crippen molar-refractivity contribution in [1.29, 1.82) is 0 Å². The van der Waals surface area contributed by atoms with Crippen LogP contribution >= 0.6 is 0 Å². The zero-order chi connectivity index (χ0) is 9.64. The van der Waals surface area contributed by atoms with Crippen molar-refractivity contribution in [2.45, 2.75) is 44.6 Å². The second-order valence-electron chi connectivity index (χ2n) is 4.63. The highest BCUT2D eigenvalue weighted by atomic mass is 15.1. The van der Waals surface area contributed by atoms with Crippen LogP contribution in [0.15, 0.2) is 0 Å². The number of hydrogen-bond donors (Lipinski definition) is 1. The van der Waals surface area contributed by atoms with Crippen LogP contribution < -0.4 is 5.32 Å². The maximum Gasteiger partial charge on any atom is 0.00990 e. The summed E-state index contributed by atoms with van der Waals surface area (Å²) < 4.78 is 0. The number of likely N-dealkylation sites (tertiary alicyclic amines) is 1. The first-order valence-electron chi connectivity index (χ1n) is 6.24. The van der Waals surface area contributed by atoms with Gasteiger partial charge in [-0.1, -0.05) is 0 Å². The monoisotopic (exact) mass is 195 g/mol. The number of hydrogen-bond acceptors (Lipinski definition) is 2. The molecule has 2 aliphatic rings. The van der Waals surface area contributed by atoms with Gasteiger partial charge in [-0.15, -0.1) is 0 Å². The highest BCUT2D eigenvalue weighted by Crippen LogP contribution is 2.13. The summed E-state index contributed by atoms with van der Waals surface area (Å²) >= 11 is 0. The van der Waals surface area contributed by atoms with Crippen LogP contribution in [0.3, 0.4) is 0 Å². The summed E-state index contributed by atoms with van der Waals surface area (Å²) in [6, 6.07) is 0.730. The summed E-state index contributed by atoms with van der Waals surface area (Å²) in [5.74, 6) is 0. The van der Waals surface area contributed by atoms with Crippen LogP contribution in [0.25, 0.3) is 0 Å². The van der Waals surface area contributed by atoms with E-state index in [1.54, 1.807) is 0 Å². The number of nitrogens with one attached hydrogen (secondary N) is 1. The van der Waals surface area contributed by atoms with E-state index in [0.29, 0.717) is 0 Å². The molecule has 1 atom stereocenters. The lowest BCUT2D eigenvalue weighted by atomic mass is 10.1. The Balaban J connectivity index is 1.46. The van der Waals surface area contributed by atoms with Crippen molar-refractivity contribution in [2.24, 2.45) is 0 Å². The van der Waals surface area contributed by atoms with E-state index in [4.69, 9.17) is 0 Å². The number of unbranched alkanes of at least 4 members (excludes halogenated alkanes) is 1. The molecule has 0 saturated carbocycles. The fraction of sp³-hybridized carbons (Fsp3) is 0.917. The third kappa shape index (κ3) is 3.25. The first kappa shape index (κ1) is 10.4. The second-order valence-corrected chi connectivity index (χ2v) is 4.63. The Hall–Kier alpha value is -0.0800. The molecule has 1 N–H and O–H groups in total. The predicted molar refractivity (Wildman–Crippen MR) is 60.2 cm³/mol. The van der Waals surface area contributed by atoms with Crippen LogP contribution in [0, 0.1) is 6.42 Å². The van der Waals surface area contributed by atoms with Gasteiger partial charge in [0.05, 0.1) is 0 Å². The highest BCUT2D eigenvalue weighted by Gasteiger charge is 2.14. The fourth-order valence-electron chi connectivity index (χ4n) is 2.55. The largest absolute Gasteiger partial charge is 0.314 e. The van der Waals surface area contributed by atoms with Crippen molar-refractivity contribution >= 4 is 0 Å². The van der Waals surface area contributed by atoms with Gasteiger partial charge in [0, 0.05) is 6.04 Å². The molecule has 0 aromatic heterocycles. The van der Waals surface area contributed by atoms with Crippen molar-refractivity contribution in [3.63, 3.8) is 0 Å². The van der Waals surface area contributed by atoms with Crippen molar-refractivity contribution in [1.82, 2.24) is 10.2 Å². The summed E-state index contributed by atoms with van der Waals surface area (Å²) in [5, 5.41) is 3.52. The van der Waals surface area contributed by atoms with Crippen molar-refractivity contribution in [2.75, 3.05) is 26.2 Å². The minimum Gasteiger partial charge on any atom is -0.314 e. The van der Waals surface area contributed by atoms with Gasteiger partial charge in [0.1, 0.15) is 0 Å². The van der Waals surface area contributed by atoms with Gasteiger partial charge in [0.25, 0.3) is 0 Å². The lowest BCUT2D eigenvalue weighted by molar-refractivity contribution is 0.332. The number of rotatable bonds is 5. The Morgan fingerprint density at radius 1 is 1.21 bits per heavy atom. The maximum atomic E-state index is 3.52. The van der Waals surface area contributed by atoms with E-state index in [1.165, 1.54) is 64.7 Å². The van der Waals surface area contributed by atoms with Crippen molar-refractivity contribution < 1.29 is 0 Å². The Kier molecular flexibility index (Phi) is 4.26. The molecular formula is C12H23N2. The lowest BCUT2D eigenvalue weighted by Crippen LogP contribution is -2.23. The first-order chi connectivity index (χ1) is 6.95. The van der Waals surface area contributed by atoms with E-state index in [-0.39, 0.29) is 0 Å². The molecule has 2 rings (SSSR count). The zero-order valence-electron chi connectivity index (χ0n) is 9.17. The van der Waals surface area contributed by atoms with Crippen molar-refractivity contribution in [3.05, 3.63) is 6.42 Å². The molecule has 0 bridgehead atoms. The van der Waals surface area contributed by atoms with E-state index < -0.39 is 0 Å². The molecule has 2 nitrogen and oxygen atoms in total. The second kappa shape index (κ2) is 5.72. The summed E-state index contributed by atoms with van der Waals surface area (Å²) in [7, 11) is 0. The van der Waals surface area contributed by atoms with E-state index >= 15 is 0 Å². The lowest BCUT2D eigenvalue weighted by Gasteiger charge is -2.15. The quantitative estimate of drug-likeness (QED) is 0.673. The maximum absolute atomic E-state index is 3.52. The molecule has 2 aliphatic heterocycles. The molecule has 1 radical (unpaired) electrons. The molecule has 81 valence electrons. The van der Waals surface area contributed by atoms with E-state index in [2.05, 4.69) is 16.6 Å². The minimum atomic E-state index is 0.730. The zero-order valence-corrected chi connectivity index (χ0v) is 9.17. The smallest absolute Gasteiger partial charge is 0.00990 e. The minimum absolute atomic E-state index is 0.730. The molecule has 14 heavy (non-hydrogen) atoms. The third-order valence-electron chi connectivity index (χ3n) is 3.43. The van der Waals surface area contributed by atoms with Crippen LogP contribution in [0.1, 0.15) is 38.5 Å². The molecule has 2 heteroatoms. The molecule has 0 aromatic rings. The van der Waals surface area contributed by atoms with Gasteiger partial charge in [-0.25, -0.2) is 0 Å². The van der Waals surface area contributed by atoms with E-state index in [0.717, 1.165) is 6.04 Å². The van der Waals surface area contributed by atoms with Gasteiger partial charge < -0.3 is 10.2 Å². The summed E-state index contributed by atoms with van der Waals surface area (Å²) in [6.07, 6.45) is 10.7. The van der Waals surface area contributed by atoms with Gasteiger partial charge in [-0.05, 0) is 71.1 Å². The first-order valence-corrected chi connectivity index (χ1v) is 6.24. The van der Waals surface area contributed by atoms with Crippen LogP contribution in [0.4, 0.5) is 0 Å². The van der Waals surface area contributed by atoms with E-state index in [9.17, 15) is 0 Å². The molecule has 2 saturated heterocycles. The fourth-order valence-corrected chi connectivity index (χ4v) is 2.55. The molecular weight excluding hydrogens is 172 g/mol.